The normalized spacial score (nSPS) is 9.75. The average Bonchev–Trinajstić information content (AvgIpc) is 2.46. The van der Waals surface area contributed by atoms with E-state index >= 15 is 0 Å². The van der Waals surface area contributed by atoms with E-state index < -0.39 is 5.82 Å². The first kappa shape index (κ1) is 14.1. The molecule has 0 atom stereocenters. The highest BCUT2D eigenvalue weighted by Crippen LogP contribution is 2.17. The highest BCUT2D eigenvalue weighted by molar-refractivity contribution is 5.39. The molecule has 2 aromatic carbocycles. The van der Waals surface area contributed by atoms with Crippen molar-refractivity contribution in [3.8, 4) is 17.6 Å². The summed E-state index contributed by atoms with van der Waals surface area (Å²) in [4.78, 5) is 0. The molecule has 0 aliphatic rings. The van der Waals surface area contributed by atoms with Crippen molar-refractivity contribution in [1.82, 2.24) is 0 Å². The van der Waals surface area contributed by atoms with Gasteiger partial charge in [0.2, 0.25) is 0 Å². The molecule has 102 valence electrons. The van der Waals surface area contributed by atoms with E-state index in [1.54, 1.807) is 12.1 Å². The third kappa shape index (κ3) is 3.84. The van der Waals surface area contributed by atoms with Gasteiger partial charge >= 0.3 is 0 Å². The summed E-state index contributed by atoms with van der Waals surface area (Å²) in [5.74, 6) is 4.96. The van der Waals surface area contributed by atoms with Gasteiger partial charge in [-0.25, -0.2) is 4.39 Å². The maximum Gasteiger partial charge on any atom is 0.142 e. The summed E-state index contributed by atoms with van der Waals surface area (Å²) >= 11 is 0. The second-order valence-corrected chi connectivity index (χ2v) is 4.38. The Morgan fingerprint density at radius 3 is 2.55 bits per heavy atom. The molecule has 2 nitrogen and oxygen atoms in total. The van der Waals surface area contributed by atoms with E-state index in [1.807, 2.05) is 31.2 Å². The number of aryl methyl sites for hydroxylation is 1. The Hall–Kier alpha value is -2.31. The monoisotopic (exact) mass is 270 g/mol. The lowest BCUT2D eigenvalue weighted by molar-refractivity contribution is 0.304. The van der Waals surface area contributed by atoms with E-state index in [-0.39, 0.29) is 12.2 Å². The summed E-state index contributed by atoms with van der Waals surface area (Å²) in [6.45, 7) is 2.12. The van der Waals surface area contributed by atoms with Crippen LogP contribution in [-0.2, 0) is 6.61 Å². The number of aliphatic hydroxyl groups is 1. The van der Waals surface area contributed by atoms with Crippen LogP contribution in [0.25, 0.3) is 0 Å². The Labute approximate surface area is 117 Å². The van der Waals surface area contributed by atoms with Crippen LogP contribution in [0, 0.1) is 24.6 Å². The summed E-state index contributed by atoms with van der Waals surface area (Å²) < 4.78 is 19.2. The third-order valence-electron chi connectivity index (χ3n) is 2.77. The Morgan fingerprint density at radius 1 is 1.15 bits per heavy atom. The molecular formula is C17H15FO2. The van der Waals surface area contributed by atoms with Crippen molar-refractivity contribution in [2.75, 3.05) is 6.61 Å². The minimum absolute atomic E-state index is 0.252. The lowest BCUT2D eigenvalue weighted by Gasteiger charge is -2.07. The molecule has 0 saturated carbocycles. The van der Waals surface area contributed by atoms with Crippen LogP contribution in [0.15, 0.2) is 42.5 Å². The van der Waals surface area contributed by atoms with Crippen molar-refractivity contribution in [3.05, 3.63) is 65.0 Å². The molecule has 0 radical (unpaired) electrons. The van der Waals surface area contributed by atoms with Gasteiger partial charge in [-0.3, -0.25) is 0 Å². The quantitative estimate of drug-likeness (QED) is 0.869. The summed E-state index contributed by atoms with van der Waals surface area (Å²) in [6, 6.07) is 12.5. The smallest absolute Gasteiger partial charge is 0.142 e. The minimum Gasteiger partial charge on any atom is -0.489 e. The second-order valence-electron chi connectivity index (χ2n) is 4.38. The van der Waals surface area contributed by atoms with Crippen LogP contribution in [0.3, 0.4) is 0 Å². The van der Waals surface area contributed by atoms with Crippen molar-refractivity contribution in [3.63, 3.8) is 0 Å². The van der Waals surface area contributed by atoms with Gasteiger partial charge in [-0.2, -0.15) is 0 Å². The van der Waals surface area contributed by atoms with Crippen LogP contribution in [0.5, 0.6) is 5.75 Å². The zero-order chi connectivity index (χ0) is 14.4. The summed E-state index contributed by atoms with van der Waals surface area (Å²) in [6.07, 6.45) is 0. The number of benzene rings is 2. The lowest BCUT2D eigenvalue weighted by atomic mass is 10.2. The predicted molar refractivity (Wildman–Crippen MR) is 75.9 cm³/mol. The van der Waals surface area contributed by atoms with Gasteiger partial charge in [0.25, 0.3) is 0 Å². The van der Waals surface area contributed by atoms with Gasteiger partial charge in [0.15, 0.2) is 0 Å². The van der Waals surface area contributed by atoms with Crippen molar-refractivity contribution in [2.24, 2.45) is 0 Å². The van der Waals surface area contributed by atoms with Crippen LogP contribution in [0.4, 0.5) is 4.39 Å². The largest absolute Gasteiger partial charge is 0.489 e. The average molecular weight is 270 g/mol. The van der Waals surface area contributed by atoms with Crippen molar-refractivity contribution in [2.45, 2.75) is 13.5 Å². The number of aliphatic hydroxyl groups excluding tert-OH is 1. The molecule has 2 rings (SSSR count). The zero-order valence-electron chi connectivity index (χ0n) is 11.2. The summed E-state index contributed by atoms with van der Waals surface area (Å²) in [7, 11) is 0. The topological polar surface area (TPSA) is 29.5 Å². The van der Waals surface area contributed by atoms with Gasteiger partial charge in [0, 0.05) is 6.07 Å². The molecule has 2 aromatic rings. The van der Waals surface area contributed by atoms with Crippen molar-refractivity contribution >= 4 is 0 Å². The third-order valence-corrected chi connectivity index (χ3v) is 2.77. The van der Waals surface area contributed by atoms with Crippen molar-refractivity contribution in [1.29, 1.82) is 0 Å². The van der Waals surface area contributed by atoms with Gasteiger partial charge < -0.3 is 9.84 Å². The number of hydrogen-bond acceptors (Lipinski definition) is 2. The predicted octanol–water partition coefficient (Wildman–Crippen LogP) is 3.06. The highest BCUT2D eigenvalue weighted by atomic mass is 19.1. The molecule has 0 amide bonds. The molecule has 20 heavy (non-hydrogen) atoms. The molecule has 0 spiro atoms. The van der Waals surface area contributed by atoms with E-state index in [0.29, 0.717) is 12.4 Å². The molecule has 3 heteroatoms. The first-order chi connectivity index (χ1) is 9.69. The Kier molecular flexibility index (Phi) is 4.75. The molecule has 0 aromatic heterocycles. The Morgan fingerprint density at radius 2 is 1.90 bits per heavy atom. The fourth-order valence-corrected chi connectivity index (χ4v) is 1.67. The fraction of sp³-hybridized carbons (Fsp3) is 0.176. The van der Waals surface area contributed by atoms with Gasteiger partial charge in [0.1, 0.15) is 24.8 Å². The van der Waals surface area contributed by atoms with Gasteiger partial charge in [-0.1, -0.05) is 41.7 Å². The van der Waals surface area contributed by atoms with E-state index in [1.165, 1.54) is 11.6 Å². The van der Waals surface area contributed by atoms with Crippen LogP contribution in [0.1, 0.15) is 16.7 Å². The molecule has 1 N–H and O–H groups in total. The number of rotatable bonds is 3. The fourth-order valence-electron chi connectivity index (χ4n) is 1.67. The highest BCUT2D eigenvalue weighted by Gasteiger charge is 2.02. The summed E-state index contributed by atoms with van der Waals surface area (Å²) in [5, 5.41) is 8.58. The Balaban J connectivity index is 2.03. The van der Waals surface area contributed by atoms with Crippen LogP contribution < -0.4 is 4.74 Å². The first-order valence-corrected chi connectivity index (χ1v) is 6.26. The molecular weight excluding hydrogens is 255 g/mol. The maximum atomic E-state index is 13.7. The van der Waals surface area contributed by atoms with Gasteiger partial charge in [-0.15, -0.1) is 0 Å². The molecule has 0 heterocycles. The number of halogens is 1. The lowest BCUT2D eigenvalue weighted by Crippen LogP contribution is -1.96. The Bertz CT molecular complexity index is 636. The van der Waals surface area contributed by atoms with E-state index in [2.05, 4.69) is 11.8 Å². The van der Waals surface area contributed by atoms with Gasteiger partial charge in [-0.05, 0) is 24.6 Å². The minimum atomic E-state index is -0.452. The number of ether oxygens (including phenoxy) is 1. The first-order valence-electron chi connectivity index (χ1n) is 6.26. The zero-order valence-corrected chi connectivity index (χ0v) is 11.2. The van der Waals surface area contributed by atoms with Crippen molar-refractivity contribution < 1.29 is 14.2 Å². The maximum absolute atomic E-state index is 13.7. The molecule has 0 unspecified atom stereocenters. The standard InChI is InChI=1S/C17H15FO2/c1-13-4-6-14(7-5-13)12-20-16-9-8-15(3-2-10-19)17(18)11-16/h4-9,11,19H,10,12H2,1H3. The van der Waals surface area contributed by atoms with Gasteiger partial charge in [0.05, 0.1) is 5.56 Å². The van der Waals surface area contributed by atoms with E-state index in [4.69, 9.17) is 9.84 Å². The second kappa shape index (κ2) is 6.74. The van der Waals surface area contributed by atoms with Crippen LogP contribution in [-0.4, -0.2) is 11.7 Å². The SMILES string of the molecule is Cc1ccc(COc2ccc(C#CCO)c(F)c2)cc1. The molecule has 0 aliphatic heterocycles. The van der Waals surface area contributed by atoms with Crippen LogP contribution >= 0.6 is 0 Å². The molecule has 0 fully saturated rings. The van der Waals surface area contributed by atoms with E-state index in [0.717, 1.165) is 5.56 Å². The van der Waals surface area contributed by atoms with E-state index in [9.17, 15) is 4.39 Å². The molecule has 0 aliphatic carbocycles. The van der Waals surface area contributed by atoms with Crippen LogP contribution in [0.2, 0.25) is 0 Å². The summed E-state index contributed by atoms with van der Waals surface area (Å²) in [5.41, 5.74) is 2.47. The number of hydrogen-bond donors (Lipinski definition) is 1. The molecule has 0 saturated heterocycles. The molecule has 0 bridgehead atoms.